The van der Waals surface area contributed by atoms with Gasteiger partial charge in [0.1, 0.15) is 0 Å². The Bertz CT molecular complexity index is 84.9. The van der Waals surface area contributed by atoms with Crippen LogP contribution in [0.4, 0.5) is 0 Å². The molecule has 0 aromatic heterocycles. The van der Waals surface area contributed by atoms with Crippen molar-refractivity contribution in [3.8, 4) is 0 Å². The maximum atomic E-state index is 4.01. The van der Waals surface area contributed by atoms with E-state index in [2.05, 4.69) is 24.2 Å². The molecular weight excluding hydrogens is 112 g/mol. The van der Waals surface area contributed by atoms with Crippen molar-refractivity contribution >= 4 is 5.84 Å². The van der Waals surface area contributed by atoms with E-state index in [-0.39, 0.29) is 7.43 Å². The van der Waals surface area contributed by atoms with Crippen LogP contribution in [-0.4, -0.2) is 19.9 Å². The molecule has 0 aliphatic rings. The maximum absolute atomic E-state index is 4.01. The van der Waals surface area contributed by atoms with Crippen LogP contribution in [-0.2, 0) is 0 Å². The number of amidine groups is 1. The summed E-state index contributed by atoms with van der Waals surface area (Å²) < 4.78 is 0. The Labute approximate surface area is 58.4 Å². The van der Waals surface area contributed by atoms with Gasteiger partial charge in [-0.3, -0.25) is 4.99 Å². The predicted octanol–water partition coefficient (Wildman–Crippen LogP) is 1.34. The molecule has 0 unspecified atom stereocenters. The maximum Gasteiger partial charge on any atom is 0.0982 e. The summed E-state index contributed by atoms with van der Waals surface area (Å²) in [6.07, 6.45) is 0. The molecule has 0 radical (unpaired) electrons. The van der Waals surface area contributed by atoms with E-state index in [4.69, 9.17) is 0 Å². The van der Waals surface area contributed by atoms with Gasteiger partial charge in [0.05, 0.1) is 5.84 Å². The molecule has 2 nitrogen and oxygen atoms in total. The van der Waals surface area contributed by atoms with E-state index >= 15 is 0 Å². The molecule has 0 saturated carbocycles. The van der Waals surface area contributed by atoms with Crippen molar-refractivity contribution in [1.82, 2.24) is 5.32 Å². The first kappa shape index (κ1) is 11.3. The zero-order valence-corrected chi connectivity index (χ0v) is 7.02. The van der Waals surface area contributed by atoms with Gasteiger partial charge in [-0.1, -0.05) is 13.8 Å². The lowest BCUT2D eigenvalue weighted by Crippen LogP contribution is -2.23. The summed E-state index contributed by atoms with van der Waals surface area (Å²) in [6, 6.07) is 0. The van der Waals surface area contributed by atoms with Crippen LogP contribution in [0.1, 0.15) is 13.8 Å². The van der Waals surface area contributed by atoms with Crippen LogP contribution < -0.4 is 5.32 Å². The van der Waals surface area contributed by atoms with Crippen molar-refractivity contribution in [2.45, 2.75) is 13.8 Å². The van der Waals surface area contributed by atoms with Gasteiger partial charge in [-0.15, -0.1) is 0 Å². The van der Waals surface area contributed by atoms with Gasteiger partial charge in [0.25, 0.3) is 0 Å². The molecule has 0 amide bonds. The van der Waals surface area contributed by atoms with Crippen LogP contribution in [0, 0.1) is 13.3 Å². The lowest BCUT2D eigenvalue weighted by atomic mass is 10.2. The van der Waals surface area contributed by atoms with E-state index in [0.29, 0.717) is 5.92 Å². The van der Waals surface area contributed by atoms with E-state index in [1.165, 1.54) is 0 Å². The summed E-state index contributed by atoms with van der Waals surface area (Å²) in [5, 5.41) is 3.00. The number of nitrogens with one attached hydrogen (secondary N) is 1. The Morgan fingerprint density at radius 3 is 1.89 bits per heavy atom. The van der Waals surface area contributed by atoms with Gasteiger partial charge in [0.2, 0.25) is 0 Å². The third kappa shape index (κ3) is 4.01. The molecule has 0 heterocycles. The fraction of sp³-hybridized carbons (Fsp3) is 0.714. The highest BCUT2D eigenvalue weighted by Crippen LogP contribution is 1.90. The molecule has 56 valence electrons. The zero-order valence-electron chi connectivity index (χ0n) is 7.02. The molecule has 0 bridgehead atoms. The minimum atomic E-state index is 0. The van der Waals surface area contributed by atoms with Crippen LogP contribution in [0.15, 0.2) is 4.99 Å². The van der Waals surface area contributed by atoms with Gasteiger partial charge < -0.3 is 12.7 Å². The van der Waals surface area contributed by atoms with Gasteiger partial charge >= 0.3 is 0 Å². The highest BCUT2D eigenvalue weighted by molar-refractivity contribution is 5.83. The number of rotatable bonds is 1. The summed E-state index contributed by atoms with van der Waals surface area (Å²) in [4.78, 5) is 4.01. The highest BCUT2D eigenvalue weighted by Gasteiger charge is 1.97. The first-order valence-corrected chi connectivity index (χ1v) is 2.86. The molecule has 0 atom stereocenters. The third-order valence-corrected chi connectivity index (χ3v) is 1.04. The molecular formula is C7H17N2-. The Morgan fingerprint density at radius 2 is 1.89 bits per heavy atom. The van der Waals surface area contributed by atoms with Crippen molar-refractivity contribution < 1.29 is 0 Å². The van der Waals surface area contributed by atoms with E-state index in [1.54, 1.807) is 7.05 Å². The molecule has 0 aromatic carbocycles. The predicted molar refractivity (Wildman–Crippen MR) is 43.7 cm³/mol. The van der Waals surface area contributed by atoms with Crippen molar-refractivity contribution in [3.63, 3.8) is 0 Å². The van der Waals surface area contributed by atoms with Crippen LogP contribution >= 0.6 is 0 Å². The standard InChI is InChI=1S/C6H14N2.CH3/c1-5(2)6(7-3)8-4;/h5H,1-4H3,(H,7,8);1H3/q;-1. The minimum Gasteiger partial charge on any atom is -0.377 e. The Kier molecular flexibility index (Phi) is 7.03. The monoisotopic (exact) mass is 129 g/mol. The molecule has 0 spiro atoms. The number of hydrogen-bond acceptors (Lipinski definition) is 1. The van der Waals surface area contributed by atoms with Crippen molar-refractivity contribution in [2.24, 2.45) is 10.9 Å². The largest absolute Gasteiger partial charge is 0.377 e. The Balaban J connectivity index is 0. The normalized spacial score (nSPS) is 11.0. The van der Waals surface area contributed by atoms with E-state index in [0.717, 1.165) is 5.84 Å². The van der Waals surface area contributed by atoms with Crippen LogP contribution in [0.5, 0.6) is 0 Å². The van der Waals surface area contributed by atoms with Crippen LogP contribution in [0.25, 0.3) is 0 Å². The molecule has 1 N–H and O–H groups in total. The van der Waals surface area contributed by atoms with Crippen molar-refractivity contribution in [1.29, 1.82) is 0 Å². The van der Waals surface area contributed by atoms with Crippen molar-refractivity contribution in [2.75, 3.05) is 14.1 Å². The Hall–Kier alpha value is -0.530. The molecule has 0 saturated heterocycles. The van der Waals surface area contributed by atoms with Gasteiger partial charge in [-0.05, 0) is 0 Å². The quantitative estimate of drug-likeness (QED) is 0.322. The summed E-state index contributed by atoms with van der Waals surface area (Å²) in [5.74, 6) is 1.58. The SMILES string of the molecule is CN=C(NC)C(C)C.[CH3-]. The zero-order chi connectivity index (χ0) is 6.57. The summed E-state index contributed by atoms with van der Waals surface area (Å²) in [7, 11) is 3.69. The highest BCUT2D eigenvalue weighted by atomic mass is 15.0. The van der Waals surface area contributed by atoms with E-state index in [9.17, 15) is 0 Å². The summed E-state index contributed by atoms with van der Waals surface area (Å²) in [5.41, 5.74) is 0. The van der Waals surface area contributed by atoms with Crippen molar-refractivity contribution in [3.05, 3.63) is 7.43 Å². The van der Waals surface area contributed by atoms with E-state index < -0.39 is 0 Å². The van der Waals surface area contributed by atoms with Gasteiger partial charge in [-0.2, -0.15) is 0 Å². The average molecular weight is 129 g/mol. The smallest absolute Gasteiger partial charge is 0.0982 e. The second-order valence-electron chi connectivity index (χ2n) is 2.01. The molecule has 0 fully saturated rings. The molecule has 0 aliphatic heterocycles. The van der Waals surface area contributed by atoms with Gasteiger partial charge in [0, 0.05) is 20.0 Å². The number of hydrogen-bond donors (Lipinski definition) is 1. The number of aliphatic imine (C=N–C) groups is 1. The summed E-state index contributed by atoms with van der Waals surface area (Å²) in [6.45, 7) is 4.22. The molecule has 0 aliphatic carbocycles. The molecule has 0 aromatic rings. The molecule has 0 rings (SSSR count). The first-order chi connectivity index (χ1) is 3.72. The average Bonchev–Trinajstić information content (AvgIpc) is 1.69. The fourth-order valence-electron chi connectivity index (χ4n) is 0.659. The Morgan fingerprint density at radius 1 is 1.44 bits per heavy atom. The van der Waals surface area contributed by atoms with Gasteiger partial charge in [-0.25, -0.2) is 0 Å². The van der Waals surface area contributed by atoms with Crippen LogP contribution in [0.3, 0.4) is 0 Å². The third-order valence-electron chi connectivity index (χ3n) is 1.04. The topological polar surface area (TPSA) is 24.4 Å². The number of nitrogens with zero attached hydrogens (tertiary/aromatic N) is 1. The second-order valence-corrected chi connectivity index (χ2v) is 2.01. The lowest BCUT2D eigenvalue weighted by molar-refractivity contribution is 0.834. The van der Waals surface area contributed by atoms with Crippen LogP contribution in [0.2, 0.25) is 0 Å². The first-order valence-electron chi connectivity index (χ1n) is 2.86. The molecule has 9 heavy (non-hydrogen) atoms. The fourth-order valence-corrected chi connectivity index (χ4v) is 0.659. The molecule has 2 heteroatoms. The van der Waals surface area contributed by atoms with Gasteiger partial charge in [0.15, 0.2) is 0 Å². The van der Waals surface area contributed by atoms with E-state index in [1.807, 2.05) is 7.05 Å². The lowest BCUT2D eigenvalue weighted by Gasteiger charge is -2.06. The minimum absolute atomic E-state index is 0. The summed E-state index contributed by atoms with van der Waals surface area (Å²) >= 11 is 0. The second kappa shape index (κ2) is 5.60.